The lowest BCUT2D eigenvalue weighted by Crippen LogP contribution is -2.38. The standard InChI is InChI=1S/C29H28N6O2/c1-19(2)34-13-11-30-28(34)24-6-3-7-27(32-24)35-12-10-21-15-22(5-4-14-36)26(16-23(21)29(35)37)33-17-25(31-18-33)20-8-9-20/h3,6-7,11,13,15-20,36H,8-10,12,14H2,1-2H3. The van der Waals surface area contributed by atoms with Crippen molar-refractivity contribution in [2.75, 3.05) is 18.1 Å². The highest BCUT2D eigenvalue weighted by atomic mass is 16.2. The van der Waals surface area contributed by atoms with Crippen LogP contribution in [0.2, 0.25) is 0 Å². The van der Waals surface area contributed by atoms with Gasteiger partial charge in [0.05, 0.1) is 17.7 Å². The first-order valence-corrected chi connectivity index (χ1v) is 12.7. The third-order valence-electron chi connectivity index (χ3n) is 6.95. The summed E-state index contributed by atoms with van der Waals surface area (Å²) in [4.78, 5) is 29.4. The van der Waals surface area contributed by atoms with Crippen molar-refractivity contribution in [2.45, 2.75) is 45.1 Å². The molecule has 0 bridgehead atoms. The van der Waals surface area contributed by atoms with Crippen LogP contribution in [0.25, 0.3) is 17.2 Å². The Bertz CT molecular complexity index is 1550. The summed E-state index contributed by atoms with van der Waals surface area (Å²) in [5, 5.41) is 9.29. The van der Waals surface area contributed by atoms with E-state index in [4.69, 9.17) is 4.98 Å². The molecule has 8 heteroatoms. The minimum Gasteiger partial charge on any atom is -0.384 e. The highest BCUT2D eigenvalue weighted by molar-refractivity contribution is 6.08. The smallest absolute Gasteiger partial charge is 0.259 e. The summed E-state index contributed by atoms with van der Waals surface area (Å²) in [5.41, 5.74) is 4.93. The first-order valence-electron chi connectivity index (χ1n) is 12.7. The second-order valence-corrected chi connectivity index (χ2v) is 9.81. The van der Waals surface area contributed by atoms with Gasteiger partial charge in [-0.3, -0.25) is 9.69 Å². The number of hydrogen-bond donors (Lipinski definition) is 1. The van der Waals surface area contributed by atoms with E-state index in [0.29, 0.717) is 30.3 Å². The van der Waals surface area contributed by atoms with Crippen molar-refractivity contribution in [2.24, 2.45) is 0 Å². The van der Waals surface area contributed by atoms with E-state index in [2.05, 4.69) is 40.2 Å². The van der Waals surface area contributed by atoms with Gasteiger partial charge in [0.25, 0.3) is 5.91 Å². The third kappa shape index (κ3) is 4.32. The van der Waals surface area contributed by atoms with Crippen LogP contribution in [0.3, 0.4) is 0 Å². The Balaban J connectivity index is 1.38. The molecule has 0 unspecified atom stereocenters. The molecule has 1 saturated carbocycles. The molecular weight excluding hydrogens is 464 g/mol. The molecule has 3 aromatic heterocycles. The number of aliphatic hydroxyl groups excluding tert-OH is 1. The number of nitrogens with zero attached hydrogens (tertiary/aromatic N) is 6. The number of rotatable bonds is 5. The van der Waals surface area contributed by atoms with Crippen LogP contribution in [-0.4, -0.2) is 48.3 Å². The Hall–Kier alpha value is -4.22. The number of hydrogen-bond acceptors (Lipinski definition) is 5. The summed E-state index contributed by atoms with van der Waals surface area (Å²) in [7, 11) is 0. The molecule has 37 heavy (non-hydrogen) atoms. The highest BCUT2D eigenvalue weighted by Crippen LogP contribution is 2.39. The lowest BCUT2D eigenvalue weighted by Gasteiger charge is -2.29. The fraction of sp³-hybridized carbons (Fsp3) is 0.310. The fourth-order valence-corrected chi connectivity index (χ4v) is 4.87. The summed E-state index contributed by atoms with van der Waals surface area (Å²) in [5.74, 6) is 7.64. The van der Waals surface area contributed by atoms with E-state index in [0.717, 1.165) is 46.9 Å². The topological polar surface area (TPSA) is 89.1 Å². The fourth-order valence-electron chi connectivity index (χ4n) is 4.87. The summed E-state index contributed by atoms with van der Waals surface area (Å²) in [6, 6.07) is 9.84. The van der Waals surface area contributed by atoms with Gasteiger partial charge in [-0.05, 0) is 62.9 Å². The van der Waals surface area contributed by atoms with Crippen LogP contribution < -0.4 is 4.90 Å². The van der Waals surface area contributed by atoms with E-state index in [1.54, 1.807) is 17.4 Å². The monoisotopic (exact) mass is 492 g/mol. The van der Waals surface area contributed by atoms with Gasteiger partial charge >= 0.3 is 0 Å². The Morgan fingerprint density at radius 1 is 1.19 bits per heavy atom. The minimum absolute atomic E-state index is 0.0939. The number of amides is 1. The van der Waals surface area contributed by atoms with Gasteiger partial charge in [0, 0.05) is 48.2 Å². The highest BCUT2D eigenvalue weighted by Gasteiger charge is 2.29. The SMILES string of the molecule is CC(C)n1ccnc1-c1cccc(N2CCc3cc(C#CCO)c(-n4cnc(C5CC5)c4)cc3C2=O)n1. The summed E-state index contributed by atoms with van der Waals surface area (Å²) in [6.45, 7) is 4.50. The van der Waals surface area contributed by atoms with Crippen LogP contribution >= 0.6 is 0 Å². The number of pyridine rings is 1. The molecule has 2 aliphatic rings. The molecule has 1 amide bonds. The second kappa shape index (κ2) is 9.34. The van der Waals surface area contributed by atoms with Crippen molar-refractivity contribution in [3.8, 4) is 29.0 Å². The number of aliphatic hydroxyl groups is 1. The molecule has 4 heterocycles. The van der Waals surface area contributed by atoms with Gasteiger partial charge in [-0.2, -0.15) is 0 Å². The molecule has 1 fully saturated rings. The van der Waals surface area contributed by atoms with E-state index in [1.165, 1.54) is 0 Å². The molecule has 1 aliphatic carbocycles. The molecule has 0 atom stereocenters. The quantitative estimate of drug-likeness (QED) is 0.423. The zero-order valence-electron chi connectivity index (χ0n) is 20.9. The van der Waals surface area contributed by atoms with Gasteiger partial charge in [0.15, 0.2) is 5.82 Å². The van der Waals surface area contributed by atoms with E-state index >= 15 is 0 Å². The maximum Gasteiger partial charge on any atom is 0.259 e. The second-order valence-electron chi connectivity index (χ2n) is 9.81. The normalized spacial score (nSPS) is 15.0. The first-order chi connectivity index (χ1) is 18.0. The van der Waals surface area contributed by atoms with Crippen LogP contribution in [0, 0.1) is 11.8 Å². The summed E-state index contributed by atoms with van der Waals surface area (Å²) in [6.07, 6.45) is 10.5. The molecule has 0 spiro atoms. The first kappa shape index (κ1) is 23.2. The molecular formula is C29H28N6O2. The Morgan fingerprint density at radius 3 is 2.84 bits per heavy atom. The van der Waals surface area contributed by atoms with E-state index in [-0.39, 0.29) is 18.6 Å². The number of carbonyl (C=O) groups is 1. The zero-order chi connectivity index (χ0) is 25.5. The van der Waals surface area contributed by atoms with Gasteiger partial charge in [0.1, 0.15) is 18.1 Å². The molecule has 4 aromatic rings. The predicted molar refractivity (Wildman–Crippen MR) is 141 cm³/mol. The zero-order valence-corrected chi connectivity index (χ0v) is 20.9. The lowest BCUT2D eigenvalue weighted by atomic mass is 9.95. The molecule has 1 aliphatic heterocycles. The van der Waals surface area contributed by atoms with E-state index in [1.807, 2.05) is 47.3 Å². The number of anilines is 1. The van der Waals surface area contributed by atoms with Gasteiger partial charge in [0.2, 0.25) is 0 Å². The molecule has 0 radical (unpaired) electrons. The number of aromatic nitrogens is 5. The Morgan fingerprint density at radius 2 is 2.05 bits per heavy atom. The average molecular weight is 493 g/mol. The minimum atomic E-state index is -0.225. The van der Waals surface area contributed by atoms with Crippen LogP contribution in [-0.2, 0) is 6.42 Å². The molecule has 1 aromatic carbocycles. The lowest BCUT2D eigenvalue weighted by molar-refractivity contribution is 0.0980. The average Bonchev–Trinajstić information content (AvgIpc) is 3.42. The summed E-state index contributed by atoms with van der Waals surface area (Å²) >= 11 is 0. The maximum atomic E-state index is 13.8. The van der Waals surface area contributed by atoms with Crippen LogP contribution in [0.1, 0.15) is 65.8 Å². The van der Waals surface area contributed by atoms with Gasteiger partial charge < -0.3 is 14.2 Å². The number of imidazole rings is 2. The van der Waals surface area contributed by atoms with Gasteiger partial charge in [-0.15, -0.1) is 0 Å². The molecule has 1 N–H and O–H groups in total. The van der Waals surface area contributed by atoms with Crippen molar-refractivity contribution in [3.05, 3.63) is 77.6 Å². The summed E-state index contributed by atoms with van der Waals surface area (Å²) < 4.78 is 4.01. The van der Waals surface area contributed by atoms with Crippen molar-refractivity contribution >= 4 is 11.7 Å². The molecule has 8 nitrogen and oxygen atoms in total. The third-order valence-corrected chi connectivity index (χ3v) is 6.95. The van der Waals surface area contributed by atoms with Gasteiger partial charge in [-0.1, -0.05) is 17.9 Å². The van der Waals surface area contributed by atoms with Gasteiger partial charge in [-0.25, -0.2) is 15.0 Å². The van der Waals surface area contributed by atoms with Crippen molar-refractivity contribution in [1.82, 2.24) is 24.1 Å². The molecule has 186 valence electrons. The van der Waals surface area contributed by atoms with Crippen molar-refractivity contribution in [1.29, 1.82) is 0 Å². The van der Waals surface area contributed by atoms with Crippen molar-refractivity contribution < 1.29 is 9.90 Å². The maximum absolute atomic E-state index is 13.8. The largest absolute Gasteiger partial charge is 0.384 e. The van der Waals surface area contributed by atoms with E-state index in [9.17, 15) is 9.90 Å². The Labute approximate surface area is 215 Å². The predicted octanol–water partition coefficient (Wildman–Crippen LogP) is 4.14. The Kier molecular flexibility index (Phi) is 5.85. The van der Waals surface area contributed by atoms with Crippen LogP contribution in [0.4, 0.5) is 5.82 Å². The van der Waals surface area contributed by atoms with Crippen LogP contribution in [0.15, 0.2) is 55.2 Å². The number of benzene rings is 1. The number of fused-ring (bicyclic) bond motifs is 1. The number of carbonyl (C=O) groups excluding carboxylic acids is 1. The molecule has 0 saturated heterocycles. The van der Waals surface area contributed by atoms with Crippen molar-refractivity contribution in [3.63, 3.8) is 0 Å². The molecule has 6 rings (SSSR count). The van der Waals surface area contributed by atoms with Crippen LogP contribution in [0.5, 0.6) is 0 Å². The van der Waals surface area contributed by atoms with E-state index < -0.39 is 0 Å².